The Hall–Kier alpha value is -3.20. The van der Waals surface area contributed by atoms with E-state index in [4.69, 9.17) is 4.74 Å². The molecule has 3 aromatic heterocycles. The van der Waals surface area contributed by atoms with E-state index in [0.29, 0.717) is 35.7 Å². The third kappa shape index (κ3) is 3.60. The van der Waals surface area contributed by atoms with Gasteiger partial charge in [-0.15, -0.1) is 10.2 Å². The van der Waals surface area contributed by atoms with Crippen LogP contribution < -0.4 is 20.3 Å². The average Bonchev–Trinajstić information content (AvgIpc) is 3.44. The predicted octanol–water partition coefficient (Wildman–Crippen LogP) is 2.52. The van der Waals surface area contributed by atoms with E-state index in [-0.39, 0.29) is 5.91 Å². The first-order valence-electron chi connectivity index (χ1n) is 11.8. The Labute approximate surface area is 192 Å². The summed E-state index contributed by atoms with van der Waals surface area (Å²) >= 11 is 0. The standard InChI is InChI=1S/C24H29N7O2/c1-3-33-20-8-23-26-14(2)10-30(23)13-18(20)24(32)27-21-6-7-22(29-28-21)31-11-16-15-4-5-19(25-9-15)17(16)12-31/h6-8,10,13,15-17,19,25H,3-5,9,11-12H2,1-2H3,(H,27,28,32). The Bertz CT molecular complexity index is 1160. The van der Waals surface area contributed by atoms with Crippen LogP contribution in [-0.2, 0) is 0 Å². The summed E-state index contributed by atoms with van der Waals surface area (Å²) in [5.74, 6) is 3.76. The first-order chi connectivity index (χ1) is 16.1. The fraction of sp³-hybridized carbons (Fsp3) is 0.500. The van der Waals surface area contributed by atoms with Gasteiger partial charge in [0.25, 0.3) is 5.91 Å². The average molecular weight is 448 g/mol. The van der Waals surface area contributed by atoms with Crippen LogP contribution in [0.25, 0.3) is 5.65 Å². The highest BCUT2D eigenvalue weighted by atomic mass is 16.5. The number of nitrogens with zero attached hydrogens (tertiary/aromatic N) is 5. The van der Waals surface area contributed by atoms with Gasteiger partial charge in [0.2, 0.25) is 0 Å². The summed E-state index contributed by atoms with van der Waals surface area (Å²) in [6.45, 7) is 7.51. The van der Waals surface area contributed by atoms with Crippen LogP contribution in [-0.4, -0.2) is 57.8 Å². The number of anilines is 2. The minimum absolute atomic E-state index is 0.288. The van der Waals surface area contributed by atoms with Crippen LogP contribution >= 0.6 is 0 Å². The lowest BCUT2D eigenvalue weighted by Crippen LogP contribution is -2.54. The normalized spacial score (nSPS) is 25.9. The molecule has 4 fully saturated rings. The van der Waals surface area contributed by atoms with Gasteiger partial charge in [0.05, 0.1) is 17.9 Å². The molecule has 9 heteroatoms. The number of amides is 1. The highest BCUT2D eigenvalue weighted by Crippen LogP contribution is 2.44. The minimum atomic E-state index is -0.288. The van der Waals surface area contributed by atoms with Crippen molar-refractivity contribution in [2.75, 3.05) is 36.5 Å². The molecule has 1 amide bonds. The number of rotatable bonds is 5. The zero-order valence-electron chi connectivity index (χ0n) is 19.0. The second-order valence-corrected chi connectivity index (χ2v) is 9.45. The lowest BCUT2D eigenvalue weighted by molar-refractivity contribution is 0.0927. The van der Waals surface area contributed by atoms with Crippen LogP contribution in [0.15, 0.2) is 30.6 Å². The molecule has 6 heterocycles. The molecule has 4 unspecified atom stereocenters. The predicted molar refractivity (Wildman–Crippen MR) is 125 cm³/mol. The lowest BCUT2D eigenvalue weighted by atomic mass is 9.68. The summed E-state index contributed by atoms with van der Waals surface area (Å²) in [6, 6.07) is 6.22. The van der Waals surface area contributed by atoms with E-state index in [1.54, 1.807) is 12.3 Å². The highest BCUT2D eigenvalue weighted by molar-refractivity contribution is 6.05. The molecular weight excluding hydrogens is 418 g/mol. The molecule has 2 N–H and O–H groups in total. The molecule has 0 aromatic carbocycles. The van der Waals surface area contributed by atoms with Crippen molar-refractivity contribution < 1.29 is 9.53 Å². The fourth-order valence-electron chi connectivity index (χ4n) is 5.93. The molecular formula is C24H29N7O2. The molecule has 2 bridgehead atoms. The molecule has 33 heavy (non-hydrogen) atoms. The van der Waals surface area contributed by atoms with E-state index in [0.717, 1.165) is 48.6 Å². The van der Waals surface area contributed by atoms with Crippen molar-refractivity contribution >= 4 is 23.2 Å². The molecule has 1 aliphatic carbocycles. The van der Waals surface area contributed by atoms with Crippen molar-refractivity contribution in [1.82, 2.24) is 24.9 Å². The number of carbonyl (C=O) groups is 1. The number of aromatic nitrogens is 4. The van der Waals surface area contributed by atoms with Crippen LogP contribution in [0.4, 0.5) is 11.6 Å². The maximum Gasteiger partial charge on any atom is 0.262 e. The Morgan fingerprint density at radius 1 is 1.21 bits per heavy atom. The van der Waals surface area contributed by atoms with Crippen molar-refractivity contribution in [3.63, 3.8) is 0 Å². The largest absolute Gasteiger partial charge is 0.493 e. The van der Waals surface area contributed by atoms with Crippen LogP contribution in [0, 0.1) is 24.7 Å². The van der Waals surface area contributed by atoms with Crippen molar-refractivity contribution in [3.05, 3.63) is 41.9 Å². The first-order valence-corrected chi connectivity index (χ1v) is 11.8. The molecule has 3 saturated heterocycles. The molecule has 1 saturated carbocycles. The van der Waals surface area contributed by atoms with Crippen molar-refractivity contribution in [2.45, 2.75) is 32.7 Å². The number of hydrogen-bond acceptors (Lipinski definition) is 7. The first kappa shape index (κ1) is 20.4. The molecule has 4 atom stereocenters. The second-order valence-electron chi connectivity index (χ2n) is 9.45. The third-order valence-electron chi connectivity index (χ3n) is 7.46. The molecule has 0 radical (unpaired) electrons. The van der Waals surface area contributed by atoms with Gasteiger partial charge in [0.1, 0.15) is 11.4 Å². The van der Waals surface area contributed by atoms with Crippen LogP contribution in [0.3, 0.4) is 0 Å². The number of piperidine rings is 2. The van der Waals surface area contributed by atoms with Gasteiger partial charge in [-0.3, -0.25) is 4.79 Å². The Morgan fingerprint density at radius 2 is 2.09 bits per heavy atom. The number of fused-ring (bicyclic) bond motifs is 3. The zero-order valence-corrected chi connectivity index (χ0v) is 19.0. The van der Waals surface area contributed by atoms with Gasteiger partial charge in [-0.25, -0.2) is 4.98 Å². The summed E-state index contributed by atoms with van der Waals surface area (Å²) < 4.78 is 7.54. The van der Waals surface area contributed by atoms with E-state index < -0.39 is 0 Å². The summed E-state index contributed by atoms with van der Waals surface area (Å²) in [5, 5.41) is 15.3. The number of hydrogen-bond donors (Lipinski definition) is 2. The SMILES string of the molecule is CCOc1cc2nc(C)cn2cc1C(=O)Nc1ccc(N2CC3C4CCC(NC4)C3C2)nn1. The molecule has 4 aliphatic rings. The smallest absolute Gasteiger partial charge is 0.262 e. The summed E-state index contributed by atoms with van der Waals surface area (Å²) in [5.41, 5.74) is 2.05. The van der Waals surface area contributed by atoms with E-state index in [1.807, 2.05) is 36.6 Å². The molecule has 172 valence electrons. The topological polar surface area (TPSA) is 96.7 Å². The van der Waals surface area contributed by atoms with Crippen molar-refractivity contribution in [2.24, 2.45) is 17.8 Å². The number of pyridine rings is 1. The molecule has 7 rings (SSSR count). The van der Waals surface area contributed by atoms with Crippen molar-refractivity contribution in [3.8, 4) is 5.75 Å². The van der Waals surface area contributed by atoms with Gasteiger partial charge in [0, 0.05) is 37.6 Å². The van der Waals surface area contributed by atoms with Gasteiger partial charge >= 0.3 is 0 Å². The van der Waals surface area contributed by atoms with E-state index in [2.05, 4.69) is 30.7 Å². The maximum atomic E-state index is 13.0. The molecule has 9 nitrogen and oxygen atoms in total. The highest BCUT2D eigenvalue weighted by Gasteiger charge is 2.48. The lowest BCUT2D eigenvalue weighted by Gasteiger charge is -2.45. The van der Waals surface area contributed by atoms with Crippen molar-refractivity contribution in [1.29, 1.82) is 0 Å². The zero-order chi connectivity index (χ0) is 22.5. The van der Waals surface area contributed by atoms with E-state index in [9.17, 15) is 4.79 Å². The maximum absolute atomic E-state index is 13.0. The third-order valence-corrected chi connectivity index (χ3v) is 7.46. The molecule has 3 aliphatic heterocycles. The van der Waals surface area contributed by atoms with Crippen LogP contribution in [0.2, 0.25) is 0 Å². The number of ether oxygens (including phenoxy) is 1. The van der Waals surface area contributed by atoms with Gasteiger partial charge in [-0.05, 0) is 63.1 Å². The Morgan fingerprint density at radius 3 is 2.82 bits per heavy atom. The van der Waals surface area contributed by atoms with Gasteiger partial charge < -0.3 is 24.7 Å². The summed E-state index contributed by atoms with van der Waals surface area (Å²) in [6.07, 6.45) is 6.26. The Balaban J connectivity index is 1.18. The van der Waals surface area contributed by atoms with Crippen LogP contribution in [0.5, 0.6) is 5.75 Å². The fourth-order valence-corrected chi connectivity index (χ4v) is 5.93. The number of carbonyl (C=O) groups excluding carboxylic acids is 1. The molecule has 0 spiro atoms. The molecule has 3 aromatic rings. The number of imidazole rings is 1. The summed E-state index contributed by atoms with van der Waals surface area (Å²) in [4.78, 5) is 19.8. The van der Waals surface area contributed by atoms with Crippen LogP contribution in [0.1, 0.15) is 35.8 Å². The van der Waals surface area contributed by atoms with Gasteiger partial charge in [-0.2, -0.15) is 0 Å². The Kier molecular flexibility index (Phi) is 4.94. The van der Waals surface area contributed by atoms with E-state index in [1.165, 1.54) is 12.8 Å². The number of nitrogens with one attached hydrogen (secondary N) is 2. The van der Waals surface area contributed by atoms with E-state index >= 15 is 0 Å². The second kappa shape index (κ2) is 7.98. The minimum Gasteiger partial charge on any atom is -0.493 e. The monoisotopic (exact) mass is 447 g/mol. The van der Waals surface area contributed by atoms with Gasteiger partial charge in [0.15, 0.2) is 11.6 Å². The summed E-state index contributed by atoms with van der Waals surface area (Å²) in [7, 11) is 0. The van der Waals surface area contributed by atoms with Gasteiger partial charge in [-0.1, -0.05) is 0 Å². The number of aryl methyl sites for hydroxylation is 1. The quantitative estimate of drug-likeness (QED) is 0.620.